The summed E-state index contributed by atoms with van der Waals surface area (Å²) in [6.07, 6.45) is 1.30. The molecule has 2 rings (SSSR count). The first-order valence-corrected chi connectivity index (χ1v) is 7.22. The summed E-state index contributed by atoms with van der Waals surface area (Å²) in [6, 6.07) is 12.7. The highest BCUT2D eigenvalue weighted by molar-refractivity contribution is 6.30. The molecule has 1 amide bonds. The van der Waals surface area contributed by atoms with Crippen LogP contribution in [0.15, 0.2) is 48.0 Å². The highest BCUT2D eigenvalue weighted by Gasteiger charge is 2.13. The summed E-state index contributed by atoms with van der Waals surface area (Å²) in [5, 5.41) is 23.2. The Kier molecular flexibility index (Phi) is 5.30. The maximum Gasteiger partial charge on any atom is 0.272 e. The number of carbonyl (C=O) groups is 1. The Morgan fingerprint density at radius 3 is 2.54 bits per heavy atom. The first-order valence-electron chi connectivity index (χ1n) is 6.84. The maximum absolute atomic E-state index is 12.1. The molecular weight excluding hydrogens is 330 g/mol. The van der Waals surface area contributed by atoms with Crippen LogP contribution in [0, 0.1) is 28.4 Å². The number of hydrogen-bond acceptors (Lipinski definition) is 4. The minimum Gasteiger partial charge on any atom is -0.321 e. The lowest BCUT2D eigenvalue weighted by Crippen LogP contribution is -2.13. The molecule has 0 unspecified atom stereocenters. The molecule has 0 bridgehead atoms. The SMILES string of the molecule is Cc1ccc(/C=C(/C#N)C(=O)Nc2ccc(Cl)cc2)cc1[N+](=O)[O-]. The Balaban J connectivity index is 2.27. The lowest BCUT2D eigenvalue weighted by atomic mass is 10.1. The number of nitrogens with zero attached hydrogens (tertiary/aromatic N) is 2. The zero-order chi connectivity index (χ0) is 17.7. The summed E-state index contributed by atoms with van der Waals surface area (Å²) in [7, 11) is 0. The number of rotatable bonds is 4. The van der Waals surface area contributed by atoms with Crippen molar-refractivity contribution in [3.63, 3.8) is 0 Å². The summed E-state index contributed by atoms with van der Waals surface area (Å²) < 4.78 is 0. The van der Waals surface area contributed by atoms with Crippen molar-refractivity contribution in [2.45, 2.75) is 6.92 Å². The van der Waals surface area contributed by atoms with E-state index in [1.165, 1.54) is 12.1 Å². The number of amides is 1. The van der Waals surface area contributed by atoms with Gasteiger partial charge in [-0.1, -0.05) is 23.7 Å². The van der Waals surface area contributed by atoms with E-state index < -0.39 is 10.8 Å². The molecule has 0 spiro atoms. The first kappa shape index (κ1) is 17.2. The van der Waals surface area contributed by atoms with Crippen LogP contribution in [0.4, 0.5) is 11.4 Å². The van der Waals surface area contributed by atoms with Crippen LogP contribution in [0.2, 0.25) is 5.02 Å². The summed E-state index contributed by atoms with van der Waals surface area (Å²) in [5.41, 5.74) is 1.15. The van der Waals surface area contributed by atoms with Crippen LogP contribution < -0.4 is 5.32 Å². The van der Waals surface area contributed by atoms with Gasteiger partial charge in [0.1, 0.15) is 11.6 Å². The molecule has 1 N–H and O–H groups in total. The molecule has 7 heteroatoms. The molecule has 0 atom stereocenters. The minimum absolute atomic E-state index is 0.0702. The Morgan fingerprint density at radius 2 is 1.96 bits per heavy atom. The fourth-order valence-electron chi connectivity index (χ4n) is 1.96. The van der Waals surface area contributed by atoms with Gasteiger partial charge in [-0.3, -0.25) is 14.9 Å². The number of halogens is 1. The van der Waals surface area contributed by atoms with E-state index in [0.29, 0.717) is 21.8 Å². The Bertz CT molecular complexity index is 868. The molecular formula is C17H12ClN3O3. The van der Waals surface area contributed by atoms with E-state index in [1.54, 1.807) is 49.4 Å². The van der Waals surface area contributed by atoms with Crippen molar-refractivity contribution in [3.05, 3.63) is 74.3 Å². The van der Waals surface area contributed by atoms with E-state index in [2.05, 4.69) is 5.32 Å². The van der Waals surface area contributed by atoms with Gasteiger partial charge >= 0.3 is 0 Å². The van der Waals surface area contributed by atoms with Gasteiger partial charge in [-0.2, -0.15) is 5.26 Å². The van der Waals surface area contributed by atoms with Gasteiger partial charge in [0.2, 0.25) is 0 Å². The van der Waals surface area contributed by atoms with Gasteiger partial charge in [-0.15, -0.1) is 0 Å². The van der Waals surface area contributed by atoms with E-state index in [1.807, 2.05) is 0 Å². The number of nitro groups is 1. The Morgan fingerprint density at radius 1 is 1.29 bits per heavy atom. The highest BCUT2D eigenvalue weighted by Crippen LogP contribution is 2.21. The van der Waals surface area contributed by atoms with Crippen molar-refractivity contribution in [1.82, 2.24) is 0 Å². The highest BCUT2D eigenvalue weighted by atomic mass is 35.5. The van der Waals surface area contributed by atoms with E-state index in [0.717, 1.165) is 0 Å². The van der Waals surface area contributed by atoms with Gasteiger partial charge in [-0.25, -0.2) is 0 Å². The largest absolute Gasteiger partial charge is 0.321 e. The van der Waals surface area contributed by atoms with Gasteiger partial charge < -0.3 is 5.32 Å². The van der Waals surface area contributed by atoms with Crippen molar-refractivity contribution in [2.75, 3.05) is 5.32 Å². The monoisotopic (exact) mass is 341 g/mol. The third kappa shape index (κ3) is 4.18. The molecule has 0 aliphatic rings. The predicted molar refractivity (Wildman–Crippen MR) is 91.5 cm³/mol. The Labute approximate surface area is 143 Å². The molecule has 2 aromatic carbocycles. The molecule has 0 radical (unpaired) electrons. The van der Waals surface area contributed by atoms with E-state index in [4.69, 9.17) is 11.6 Å². The van der Waals surface area contributed by atoms with Crippen LogP contribution in [0.1, 0.15) is 11.1 Å². The van der Waals surface area contributed by atoms with Gasteiger partial charge in [-0.05, 0) is 42.8 Å². The number of benzene rings is 2. The predicted octanol–water partition coefficient (Wildman–Crippen LogP) is 4.10. The number of hydrogen-bond donors (Lipinski definition) is 1. The summed E-state index contributed by atoms with van der Waals surface area (Å²) in [6.45, 7) is 1.62. The van der Waals surface area contributed by atoms with Crippen LogP contribution in [0.25, 0.3) is 6.08 Å². The van der Waals surface area contributed by atoms with Crippen LogP contribution in [-0.4, -0.2) is 10.8 Å². The average Bonchev–Trinajstić information content (AvgIpc) is 2.55. The minimum atomic E-state index is -0.608. The van der Waals surface area contributed by atoms with Gasteiger partial charge in [0.15, 0.2) is 0 Å². The van der Waals surface area contributed by atoms with Crippen LogP contribution in [0.5, 0.6) is 0 Å². The molecule has 0 aliphatic carbocycles. The smallest absolute Gasteiger partial charge is 0.272 e. The molecule has 120 valence electrons. The molecule has 2 aromatic rings. The second kappa shape index (κ2) is 7.40. The molecule has 0 saturated heterocycles. The molecule has 0 aliphatic heterocycles. The normalized spacial score (nSPS) is 10.8. The topological polar surface area (TPSA) is 96.0 Å². The van der Waals surface area contributed by atoms with Gasteiger partial charge in [0.05, 0.1) is 4.92 Å². The molecule has 6 nitrogen and oxygen atoms in total. The second-order valence-electron chi connectivity index (χ2n) is 4.93. The number of nitro benzene ring substituents is 1. The van der Waals surface area contributed by atoms with E-state index in [9.17, 15) is 20.2 Å². The number of carbonyl (C=O) groups excluding carboxylic acids is 1. The van der Waals surface area contributed by atoms with Crippen molar-refractivity contribution in [2.24, 2.45) is 0 Å². The molecule has 0 aromatic heterocycles. The molecule has 0 heterocycles. The fraction of sp³-hybridized carbons (Fsp3) is 0.0588. The van der Waals surface area contributed by atoms with Crippen molar-refractivity contribution in [3.8, 4) is 6.07 Å². The average molecular weight is 342 g/mol. The van der Waals surface area contributed by atoms with Crippen LogP contribution >= 0.6 is 11.6 Å². The second-order valence-corrected chi connectivity index (χ2v) is 5.37. The number of anilines is 1. The van der Waals surface area contributed by atoms with E-state index >= 15 is 0 Å². The van der Waals surface area contributed by atoms with Crippen molar-refractivity contribution in [1.29, 1.82) is 5.26 Å². The zero-order valence-electron chi connectivity index (χ0n) is 12.6. The van der Waals surface area contributed by atoms with Crippen molar-refractivity contribution >= 4 is 35.0 Å². The summed E-state index contributed by atoms with van der Waals surface area (Å²) in [4.78, 5) is 22.6. The van der Waals surface area contributed by atoms with Crippen LogP contribution in [0.3, 0.4) is 0 Å². The quantitative estimate of drug-likeness (QED) is 0.392. The standard InChI is InChI=1S/C17H12ClN3O3/c1-11-2-3-12(9-16(11)21(23)24)8-13(10-19)17(22)20-15-6-4-14(18)5-7-15/h2-9H,1H3,(H,20,22)/b13-8-. The first-order chi connectivity index (χ1) is 11.4. The third-order valence-electron chi connectivity index (χ3n) is 3.21. The lowest BCUT2D eigenvalue weighted by Gasteiger charge is -2.04. The Hall–Kier alpha value is -3.17. The summed E-state index contributed by atoms with van der Waals surface area (Å²) in [5.74, 6) is -0.608. The van der Waals surface area contributed by atoms with Gasteiger partial charge in [0, 0.05) is 22.3 Å². The zero-order valence-corrected chi connectivity index (χ0v) is 13.4. The lowest BCUT2D eigenvalue weighted by molar-refractivity contribution is -0.385. The maximum atomic E-state index is 12.1. The number of nitriles is 1. The number of nitrogens with one attached hydrogen (secondary N) is 1. The molecule has 0 saturated carbocycles. The van der Waals surface area contributed by atoms with Crippen LogP contribution in [-0.2, 0) is 4.79 Å². The van der Waals surface area contributed by atoms with Crippen molar-refractivity contribution < 1.29 is 9.72 Å². The van der Waals surface area contributed by atoms with E-state index in [-0.39, 0.29) is 11.3 Å². The number of aryl methyl sites for hydroxylation is 1. The third-order valence-corrected chi connectivity index (χ3v) is 3.46. The summed E-state index contributed by atoms with van der Waals surface area (Å²) >= 11 is 5.77. The van der Waals surface area contributed by atoms with Gasteiger partial charge in [0.25, 0.3) is 11.6 Å². The molecule has 24 heavy (non-hydrogen) atoms. The fourth-order valence-corrected chi connectivity index (χ4v) is 2.09. The molecule has 0 fully saturated rings.